The second kappa shape index (κ2) is 8.11. The smallest absolute Gasteiger partial charge is 0.253 e. The Balaban J connectivity index is 2.04. The number of carbonyl (C=O) groups is 3. The van der Waals surface area contributed by atoms with Crippen LogP contribution < -0.4 is 10.2 Å². The van der Waals surface area contributed by atoms with Gasteiger partial charge in [0.2, 0.25) is 5.91 Å². The molecule has 0 aliphatic heterocycles. The van der Waals surface area contributed by atoms with Gasteiger partial charge in [0, 0.05) is 35.6 Å². The molecule has 2 aromatic rings. The third-order valence-corrected chi connectivity index (χ3v) is 3.79. The molecular weight excluding hydrogens is 332 g/mol. The minimum Gasteiger partial charge on any atom is -0.508 e. The van der Waals surface area contributed by atoms with E-state index < -0.39 is 5.91 Å². The summed E-state index contributed by atoms with van der Waals surface area (Å²) in [4.78, 5) is 37.1. The lowest BCUT2D eigenvalue weighted by atomic mass is 10.1. The Kier molecular flexibility index (Phi) is 5.90. The first-order valence-corrected chi connectivity index (χ1v) is 7.95. The molecular formula is C20H20N2O4. The molecule has 26 heavy (non-hydrogen) atoms. The second-order valence-corrected chi connectivity index (χ2v) is 5.83. The van der Waals surface area contributed by atoms with Crippen molar-refractivity contribution in [1.82, 2.24) is 0 Å². The lowest BCUT2D eigenvalue weighted by molar-refractivity contribution is -0.116. The number of amides is 2. The van der Waals surface area contributed by atoms with Gasteiger partial charge < -0.3 is 15.3 Å². The number of likely N-dealkylation sites (N-methyl/N-ethyl adjacent to an activating group) is 1. The summed E-state index contributed by atoms with van der Waals surface area (Å²) in [6, 6.07) is 12.7. The minimum atomic E-state index is -0.439. The molecule has 0 spiro atoms. The molecule has 0 heterocycles. The number of benzene rings is 2. The van der Waals surface area contributed by atoms with E-state index in [9.17, 15) is 19.5 Å². The van der Waals surface area contributed by atoms with Crippen LogP contribution in [-0.2, 0) is 9.59 Å². The zero-order valence-electron chi connectivity index (χ0n) is 14.8. The Labute approximate surface area is 151 Å². The number of hydrogen-bond donors (Lipinski definition) is 2. The molecule has 6 heteroatoms. The van der Waals surface area contributed by atoms with Gasteiger partial charge in [-0.05, 0) is 62.4 Å². The van der Waals surface area contributed by atoms with Gasteiger partial charge in [-0.1, -0.05) is 0 Å². The molecule has 0 atom stereocenters. The summed E-state index contributed by atoms with van der Waals surface area (Å²) in [5.74, 6) is -0.721. The van der Waals surface area contributed by atoms with Crippen LogP contribution in [0.1, 0.15) is 24.2 Å². The van der Waals surface area contributed by atoms with E-state index in [1.807, 2.05) is 0 Å². The van der Waals surface area contributed by atoms with E-state index in [-0.39, 0.29) is 23.0 Å². The first-order chi connectivity index (χ1) is 12.3. The van der Waals surface area contributed by atoms with Gasteiger partial charge in [0.1, 0.15) is 5.75 Å². The summed E-state index contributed by atoms with van der Waals surface area (Å²) in [5.41, 5.74) is 1.95. The molecule has 2 rings (SSSR count). The van der Waals surface area contributed by atoms with E-state index in [1.54, 1.807) is 50.4 Å². The molecule has 0 fully saturated rings. The fourth-order valence-corrected chi connectivity index (χ4v) is 2.28. The monoisotopic (exact) mass is 352 g/mol. The Morgan fingerprint density at radius 2 is 1.54 bits per heavy atom. The van der Waals surface area contributed by atoms with E-state index in [0.717, 1.165) is 0 Å². The fraction of sp³-hybridized carbons (Fsp3) is 0.150. The number of phenols is 1. The average Bonchev–Trinajstić information content (AvgIpc) is 2.61. The predicted molar refractivity (Wildman–Crippen MR) is 100 cm³/mol. The summed E-state index contributed by atoms with van der Waals surface area (Å²) in [5, 5.41) is 12.0. The van der Waals surface area contributed by atoms with Crippen LogP contribution in [0.4, 0.5) is 11.4 Å². The van der Waals surface area contributed by atoms with Crippen molar-refractivity contribution in [3.8, 4) is 5.75 Å². The molecule has 2 aromatic carbocycles. The van der Waals surface area contributed by atoms with Crippen LogP contribution in [0.3, 0.4) is 0 Å². The average molecular weight is 352 g/mol. The molecule has 2 amide bonds. The third-order valence-electron chi connectivity index (χ3n) is 3.79. The summed E-state index contributed by atoms with van der Waals surface area (Å²) < 4.78 is 0. The van der Waals surface area contributed by atoms with Gasteiger partial charge in [-0.2, -0.15) is 0 Å². The largest absolute Gasteiger partial charge is 0.508 e. The Morgan fingerprint density at radius 3 is 2.08 bits per heavy atom. The Bertz CT molecular complexity index is 852. The standard InChI is InChI=1S/C20H20N2O4/c1-13(20(26)22(3)17-8-10-18(24)11-9-17)12-19(25)21-16-6-4-15(5-7-16)14(2)23/h4-12,24H,1-3H3,(H,21,25)/b13-12-. The summed E-state index contributed by atoms with van der Waals surface area (Å²) in [6.45, 7) is 3.02. The van der Waals surface area contributed by atoms with Crippen LogP contribution in [0.5, 0.6) is 5.75 Å². The predicted octanol–water partition coefficient (Wildman–Crippen LogP) is 3.14. The van der Waals surface area contributed by atoms with Gasteiger partial charge in [0.05, 0.1) is 0 Å². The lowest BCUT2D eigenvalue weighted by Gasteiger charge is -2.17. The normalized spacial score (nSPS) is 11.0. The van der Waals surface area contributed by atoms with Crippen molar-refractivity contribution >= 4 is 29.0 Å². The first-order valence-electron chi connectivity index (χ1n) is 7.95. The quantitative estimate of drug-likeness (QED) is 0.639. The number of nitrogens with zero attached hydrogens (tertiary/aromatic N) is 1. The third kappa shape index (κ3) is 4.80. The van der Waals surface area contributed by atoms with E-state index in [2.05, 4.69) is 5.32 Å². The zero-order chi connectivity index (χ0) is 19.3. The molecule has 2 N–H and O–H groups in total. The molecule has 0 unspecified atom stereocenters. The van der Waals surface area contributed by atoms with Crippen molar-refractivity contribution in [2.75, 3.05) is 17.3 Å². The van der Waals surface area contributed by atoms with Gasteiger partial charge in [0.15, 0.2) is 5.78 Å². The fourth-order valence-electron chi connectivity index (χ4n) is 2.28. The van der Waals surface area contributed by atoms with Gasteiger partial charge in [0.25, 0.3) is 5.91 Å². The number of phenolic OH excluding ortho intramolecular Hbond substituents is 1. The zero-order valence-corrected chi connectivity index (χ0v) is 14.8. The number of hydrogen-bond acceptors (Lipinski definition) is 4. The topological polar surface area (TPSA) is 86.7 Å². The van der Waals surface area contributed by atoms with Crippen LogP contribution in [0.15, 0.2) is 60.2 Å². The van der Waals surface area contributed by atoms with Gasteiger partial charge in [-0.25, -0.2) is 0 Å². The highest BCUT2D eigenvalue weighted by molar-refractivity contribution is 6.10. The second-order valence-electron chi connectivity index (χ2n) is 5.83. The van der Waals surface area contributed by atoms with E-state index in [4.69, 9.17) is 0 Å². The molecule has 0 radical (unpaired) electrons. The van der Waals surface area contributed by atoms with Crippen LogP contribution in [0.2, 0.25) is 0 Å². The summed E-state index contributed by atoms with van der Waals surface area (Å²) in [6.07, 6.45) is 1.22. The maximum Gasteiger partial charge on any atom is 0.253 e. The van der Waals surface area contributed by atoms with Crippen molar-refractivity contribution in [2.24, 2.45) is 0 Å². The molecule has 0 aromatic heterocycles. The number of carbonyl (C=O) groups excluding carboxylic acids is 3. The highest BCUT2D eigenvalue weighted by Gasteiger charge is 2.14. The van der Waals surface area contributed by atoms with Crippen LogP contribution >= 0.6 is 0 Å². The number of rotatable bonds is 5. The van der Waals surface area contributed by atoms with Crippen molar-refractivity contribution in [3.05, 3.63) is 65.7 Å². The van der Waals surface area contributed by atoms with E-state index in [0.29, 0.717) is 16.9 Å². The van der Waals surface area contributed by atoms with Crippen molar-refractivity contribution in [3.63, 3.8) is 0 Å². The SMILES string of the molecule is CC(=O)c1ccc(NC(=O)/C=C(/C)C(=O)N(C)c2ccc(O)cc2)cc1. The number of aromatic hydroxyl groups is 1. The van der Waals surface area contributed by atoms with Gasteiger partial charge >= 0.3 is 0 Å². The maximum atomic E-state index is 12.4. The van der Waals surface area contributed by atoms with Gasteiger partial charge in [-0.3, -0.25) is 14.4 Å². The number of anilines is 2. The number of ketones is 1. The number of nitrogens with one attached hydrogen (secondary N) is 1. The molecule has 0 bridgehead atoms. The van der Waals surface area contributed by atoms with Crippen LogP contribution in [0.25, 0.3) is 0 Å². The molecule has 0 saturated heterocycles. The highest BCUT2D eigenvalue weighted by Crippen LogP contribution is 2.19. The highest BCUT2D eigenvalue weighted by atomic mass is 16.3. The molecule has 134 valence electrons. The lowest BCUT2D eigenvalue weighted by Crippen LogP contribution is -2.27. The molecule has 0 aliphatic carbocycles. The number of Topliss-reactive ketones (excluding diaryl/α,β-unsaturated/α-hetero) is 1. The molecule has 0 saturated carbocycles. The Hall–Kier alpha value is -3.41. The molecule has 6 nitrogen and oxygen atoms in total. The molecule has 0 aliphatic rings. The maximum absolute atomic E-state index is 12.4. The summed E-state index contributed by atoms with van der Waals surface area (Å²) in [7, 11) is 1.59. The van der Waals surface area contributed by atoms with E-state index in [1.165, 1.54) is 30.0 Å². The van der Waals surface area contributed by atoms with Crippen molar-refractivity contribution < 1.29 is 19.5 Å². The van der Waals surface area contributed by atoms with Crippen molar-refractivity contribution in [1.29, 1.82) is 0 Å². The van der Waals surface area contributed by atoms with Crippen LogP contribution in [-0.4, -0.2) is 29.8 Å². The van der Waals surface area contributed by atoms with E-state index >= 15 is 0 Å². The first kappa shape index (κ1) is 18.9. The van der Waals surface area contributed by atoms with Gasteiger partial charge in [-0.15, -0.1) is 0 Å². The summed E-state index contributed by atoms with van der Waals surface area (Å²) >= 11 is 0. The van der Waals surface area contributed by atoms with Crippen LogP contribution in [0, 0.1) is 0 Å². The van der Waals surface area contributed by atoms with Crippen molar-refractivity contribution in [2.45, 2.75) is 13.8 Å². The Morgan fingerprint density at radius 1 is 0.962 bits per heavy atom. The minimum absolute atomic E-state index is 0.0542.